The van der Waals surface area contributed by atoms with Crippen LogP contribution in [0.3, 0.4) is 0 Å². The van der Waals surface area contributed by atoms with Crippen LogP contribution in [0.15, 0.2) is 0 Å². The van der Waals surface area contributed by atoms with Gasteiger partial charge in [0.25, 0.3) is 0 Å². The molecule has 0 fully saturated rings. The summed E-state index contributed by atoms with van der Waals surface area (Å²) < 4.78 is 11.5. The third-order valence-electron chi connectivity index (χ3n) is 2.16. The monoisotopic (exact) mass is 220 g/mol. The highest BCUT2D eigenvalue weighted by Crippen LogP contribution is 1.97. The van der Waals surface area contributed by atoms with E-state index < -0.39 is 10.8 Å². The van der Waals surface area contributed by atoms with E-state index in [-0.39, 0.29) is 16.9 Å². The Morgan fingerprint density at radius 2 is 1.93 bits per heavy atom. The number of nitrogens with zero attached hydrogens (tertiary/aromatic N) is 1. The van der Waals surface area contributed by atoms with Crippen LogP contribution in [0.2, 0.25) is 0 Å². The molecule has 2 unspecified atom stereocenters. The largest absolute Gasteiger partial charge is 0.342 e. The van der Waals surface area contributed by atoms with Crippen molar-refractivity contribution in [2.75, 3.05) is 25.4 Å². The first kappa shape index (κ1) is 13.6. The predicted molar refractivity (Wildman–Crippen MR) is 59.5 cm³/mol. The third-order valence-corrected chi connectivity index (χ3v) is 3.78. The van der Waals surface area contributed by atoms with Gasteiger partial charge >= 0.3 is 0 Å². The van der Waals surface area contributed by atoms with Gasteiger partial charge in [0.2, 0.25) is 5.91 Å². The summed E-state index contributed by atoms with van der Waals surface area (Å²) in [5, 5.41) is -0.102. The van der Waals surface area contributed by atoms with E-state index >= 15 is 0 Å². The Kier molecular flexibility index (Phi) is 6.74. The van der Waals surface area contributed by atoms with Crippen molar-refractivity contribution >= 4 is 16.7 Å². The van der Waals surface area contributed by atoms with Crippen molar-refractivity contribution in [2.24, 2.45) is 5.73 Å². The lowest BCUT2D eigenvalue weighted by Crippen LogP contribution is -2.36. The SMILES string of the molecule is CCN(CC)C(=O)CS(=O)C(C)CN. The molecule has 2 atom stereocenters. The molecule has 0 aliphatic heterocycles. The van der Waals surface area contributed by atoms with E-state index in [4.69, 9.17) is 5.73 Å². The summed E-state index contributed by atoms with van der Waals surface area (Å²) >= 11 is 0. The van der Waals surface area contributed by atoms with Crippen molar-refractivity contribution < 1.29 is 9.00 Å². The summed E-state index contributed by atoms with van der Waals surface area (Å²) in [5.74, 6) is 0.0497. The molecule has 0 aromatic carbocycles. The summed E-state index contributed by atoms with van der Waals surface area (Å²) in [6.45, 7) is 7.32. The van der Waals surface area contributed by atoms with Crippen LogP contribution in [0.1, 0.15) is 20.8 Å². The van der Waals surface area contributed by atoms with Gasteiger partial charge in [0.15, 0.2) is 0 Å². The Morgan fingerprint density at radius 3 is 2.29 bits per heavy atom. The standard InChI is InChI=1S/C9H20N2O2S/c1-4-11(5-2)9(12)7-14(13)8(3)6-10/h8H,4-7,10H2,1-3H3. The highest BCUT2D eigenvalue weighted by molar-refractivity contribution is 7.86. The van der Waals surface area contributed by atoms with Crippen LogP contribution in [0, 0.1) is 0 Å². The molecule has 0 saturated carbocycles. The molecule has 0 rings (SSSR count). The average molecular weight is 220 g/mol. The molecule has 5 heteroatoms. The lowest BCUT2D eigenvalue weighted by molar-refractivity contribution is -0.128. The molecule has 1 amide bonds. The summed E-state index contributed by atoms with van der Waals surface area (Å²) in [6, 6.07) is 0. The first-order valence-corrected chi connectivity index (χ1v) is 6.29. The Morgan fingerprint density at radius 1 is 1.43 bits per heavy atom. The van der Waals surface area contributed by atoms with Crippen LogP contribution in [0.25, 0.3) is 0 Å². The molecule has 0 aromatic heterocycles. The normalized spacial score (nSPS) is 14.9. The number of amides is 1. The molecule has 84 valence electrons. The smallest absolute Gasteiger partial charge is 0.235 e. The van der Waals surface area contributed by atoms with E-state index in [1.165, 1.54) is 0 Å². The second-order valence-electron chi connectivity index (χ2n) is 3.14. The number of hydrogen-bond acceptors (Lipinski definition) is 3. The Bertz CT molecular complexity index is 205. The maximum absolute atomic E-state index is 11.5. The molecule has 0 aliphatic rings. The van der Waals surface area contributed by atoms with E-state index in [0.29, 0.717) is 19.6 Å². The minimum atomic E-state index is -1.13. The van der Waals surface area contributed by atoms with Gasteiger partial charge in [-0.3, -0.25) is 9.00 Å². The number of carbonyl (C=O) groups is 1. The van der Waals surface area contributed by atoms with Gasteiger partial charge in [-0.05, 0) is 20.8 Å². The zero-order valence-electron chi connectivity index (χ0n) is 9.16. The Balaban J connectivity index is 4.11. The first-order valence-electron chi connectivity index (χ1n) is 4.91. The predicted octanol–water partition coefficient (Wildman–Crippen LogP) is -0.0493. The van der Waals surface area contributed by atoms with Crippen molar-refractivity contribution in [1.29, 1.82) is 0 Å². The summed E-state index contributed by atoms with van der Waals surface area (Å²) in [7, 11) is -1.13. The molecular formula is C9H20N2O2S. The van der Waals surface area contributed by atoms with Gasteiger partial charge in [-0.25, -0.2) is 0 Å². The van der Waals surface area contributed by atoms with Gasteiger partial charge in [0.05, 0.1) is 0 Å². The molecule has 4 nitrogen and oxygen atoms in total. The topological polar surface area (TPSA) is 63.4 Å². The highest BCUT2D eigenvalue weighted by atomic mass is 32.2. The van der Waals surface area contributed by atoms with Gasteiger partial charge in [-0.2, -0.15) is 0 Å². The molecule has 0 radical (unpaired) electrons. The average Bonchev–Trinajstić information content (AvgIpc) is 2.18. The fourth-order valence-electron chi connectivity index (χ4n) is 1.04. The van der Waals surface area contributed by atoms with Crippen molar-refractivity contribution in [1.82, 2.24) is 4.90 Å². The van der Waals surface area contributed by atoms with Crippen LogP contribution in [0.5, 0.6) is 0 Å². The van der Waals surface area contributed by atoms with Crippen LogP contribution in [0.4, 0.5) is 0 Å². The van der Waals surface area contributed by atoms with Crippen molar-refractivity contribution in [3.63, 3.8) is 0 Å². The van der Waals surface area contributed by atoms with Crippen molar-refractivity contribution in [3.05, 3.63) is 0 Å². The number of carbonyl (C=O) groups excluding carboxylic acids is 1. The molecule has 0 bridgehead atoms. The van der Waals surface area contributed by atoms with Crippen molar-refractivity contribution in [2.45, 2.75) is 26.0 Å². The van der Waals surface area contributed by atoms with E-state index in [9.17, 15) is 9.00 Å². The van der Waals surface area contributed by atoms with Crippen LogP contribution >= 0.6 is 0 Å². The van der Waals surface area contributed by atoms with Gasteiger partial charge in [0.1, 0.15) is 5.75 Å². The second-order valence-corrected chi connectivity index (χ2v) is 4.99. The second kappa shape index (κ2) is 6.95. The van der Waals surface area contributed by atoms with Gasteiger partial charge in [-0.1, -0.05) is 0 Å². The maximum Gasteiger partial charge on any atom is 0.235 e. The van der Waals surface area contributed by atoms with Gasteiger partial charge in [-0.15, -0.1) is 0 Å². The summed E-state index contributed by atoms with van der Waals surface area (Å²) in [5.41, 5.74) is 5.37. The van der Waals surface area contributed by atoms with Crippen LogP contribution < -0.4 is 5.73 Å². The first-order chi connectivity index (χ1) is 6.56. The molecule has 2 N–H and O–H groups in total. The fraction of sp³-hybridized carbons (Fsp3) is 0.889. The number of rotatable bonds is 6. The third kappa shape index (κ3) is 4.19. The van der Waals surface area contributed by atoms with Crippen LogP contribution in [-0.4, -0.2) is 45.7 Å². The molecular weight excluding hydrogens is 200 g/mol. The van der Waals surface area contributed by atoms with E-state index in [1.807, 2.05) is 13.8 Å². The molecule has 0 aliphatic carbocycles. The highest BCUT2D eigenvalue weighted by Gasteiger charge is 2.16. The molecule has 14 heavy (non-hydrogen) atoms. The molecule has 0 aromatic rings. The molecule has 0 heterocycles. The van der Waals surface area contributed by atoms with Crippen molar-refractivity contribution in [3.8, 4) is 0 Å². The Hall–Kier alpha value is -0.420. The van der Waals surface area contributed by atoms with Gasteiger partial charge < -0.3 is 10.6 Å². The summed E-state index contributed by atoms with van der Waals surface area (Å²) in [6.07, 6.45) is 0. The minimum Gasteiger partial charge on any atom is -0.342 e. The lowest BCUT2D eigenvalue weighted by atomic mass is 10.5. The zero-order valence-corrected chi connectivity index (χ0v) is 9.97. The quantitative estimate of drug-likeness (QED) is 0.682. The fourth-order valence-corrected chi connectivity index (χ4v) is 1.96. The number of hydrogen-bond donors (Lipinski definition) is 1. The van der Waals surface area contributed by atoms with Gasteiger partial charge in [0, 0.05) is 35.7 Å². The minimum absolute atomic E-state index is 0.0476. The number of nitrogens with two attached hydrogens (primary N) is 1. The van der Waals surface area contributed by atoms with E-state index in [1.54, 1.807) is 11.8 Å². The molecule has 0 saturated heterocycles. The maximum atomic E-state index is 11.5. The lowest BCUT2D eigenvalue weighted by Gasteiger charge is -2.19. The molecule has 0 spiro atoms. The summed E-state index contributed by atoms with van der Waals surface area (Å²) in [4.78, 5) is 13.2. The van der Waals surface area contributed by atoms with E-state index in [0.717, 1.165) is 0 Å². The Labute approximate surface area is 88.3 Å². The zero-order chi connectivity index (χ0) is 11.1. The van der Waals surface area contributed by atoms with E-state index in [2.05, 4.69) is 0 Å². The van der Waals surface area contributed by atoms with Crippen LogP contribution in [-0.2, 0) is 15.6 Å².